The van der Waals surface area contributed by atoms with Gasteiger partial charge in [0.15, 0.2) is 0 Å². The number of anilines is 2. The van der Waals surface area contributed by atoms with Gasteiger partial charge in [-0.05, 0) is 47.8 Å². The average molecular weight is 420 g/mol. The predicted octanol–water partition coefficient (Wildman–Crippen LogP) is 5.28. The lowest BCUT2D eigenvalue weighted by molar-refractivity contribution is -0.113. The van der Waals surface area contributed by atoms with E-state index in [-0.39, 0.29) is 11.8 Å². The first-order valence-corrected chi connectivity index (χ1v) is 10.8. The van der Waals surface area contributed by atoms with E-state index in [2.05, 4.69) is 15.6 Å². The molecular weight excluding hydrogens is 402 g/mol. The third kappa shape index (κ3) is 4.82. The SMILES string of the molecule is O=C(CSc1ccnc2ccccc12)Nc1ccc(NC(=O)c2cccs2)cc1. The van der Waals surface area contributed by atoms with Gasteiger partial charge in [-0.1, -0.05) is 24.3 Å². The third-order valence-electron chi connectivity index (χ3n) is 4.14. The van der Waals surface area contributed by atoms with Gasteiger partial charge in [0.2, 0.25) is 5.91 Å². The summed E-state index contributed by atoms with van der Waals surface area (Å²) in [4.78, 5) is 30.4. The Hall–Kier alpha value is -3.16. The van der Waals surface area contributed by atoms with Gasteiger partial charge in [0.1, 0.15) is 0 Å². The largest absolute Gasteiger partial charge is 0.325 e. The highest BCUT2D eigenvalue weighted by Crippen LogP contribution is 2.26. The molecule has 2 aromatic carbocycles. The van der Waals surface area contributed by atoms with E-state index in [0.29, 0.717) is 22.0 Å². The number of rotatable bonds is 6. The van der Waals surface area contributed by atoms with Gasteiger partial charge < -0.3 is 10.6 Å². The minimum absolute atomic E-state index is 0.0914. The second-order valence-corrected chi connectivity index (χ2v) is 8.14. The van der Waals surface area contributed by atoms with Crippen molar-refractivity contribution in [1.29, 1.82) is 0 Å². The van der Waals surface area contributed by atoms with Gasteiger partial charge >= 0.3 is 0 Å². The number of para-hydroxylation sites is 1. The lowest BCUT2D eigenvalue weighted by Crippen LogP contribution is -2.14. The van der Waals surface area contributed by atoms with E-state index in [9.17, 15) is 9.59 Å². The first kappa shape index (κ1) is 19.2. The van der Waals surface area contributed by atoms with Crippen LogP contribution in [0.15, 0.2) is 83.2 Å². The maximum Gasteiger partial charge on any atom is 0.265 e. The number of fused-ring (bicyclic) bond motifs is 1. The Labute approximate surface area is 176 Å². The van der Waals surface area contributed by atoms with E-state index in [1.807, 2.05) is 41.8 Å². The average Bonchev–Trinajstić information content (AvgIpc) is 3.29. The number of nitrogens with zero attached hydrogens (tertiary/aromatic N) is 1. The van der Waals surface area contributed by atoms with Crippen molar-refractivity contribution in [3.05, 3.63) is 83.2 Å². The molecule has 0 unspecified atom stereocenters. The number of amides is 2. The first-order chi connectivity index (χ1) is 14.2. The van der Waals surface area contributed by atoms with Gasteiger partial charge in [0.25, 0.3) is 5.91 Å². The second-order valence-electron chi connectivity index (χ2n) is 6.17. The number of benzene rings is 2. The minimum Gasteiger partial charge on any atom is -0.325 e. The highest BCUT2D eigenvalue weighted by molar-refractivity contribution is 8.00. The Kier molecular flexibility index (Phi) is 5.88. The molecule has 2 aromatic heterocycles. The van der Waals surface area contributed by atoms with Crippen LogP contribution in [-0.4, -0.2) is 22.6 Å². The molecule has 144 valence electrons. The summed E-state index contributed by atoms with van der Waals surface area (Å²) in [7, 11) is 0. The van der Waals surface area contributed by atoms with Crippen molar-refractivity contribution in [2.75, 3.05) is 16.4 Å². The maximum atomic E-state index is 12.3. The Bertz CT molecular complexity index is 1140. The maximum absolute atomic E-state index is 12.3. The molecule has 0 aliphatic rings. The fraction of sp³-hybridized carbons (Fsp3) is 0.0455. The van der Waals surface area contributed by atoms with Crippen LogP contribution in [0.3, 0.4) is 0 Å². The molecule has 0 spiro atoms. The van der Waals surface area contributed by atoms with E-state index in [1.54, 1.807) is 36.5 Å². The van der Waals surface area contributed by atoms with E-state index in [1.165, 1.54) is 23.1 Å². The smallest absolute Gasteiger partial charge is 0.265 e. The Morgan fingerprint density at radius 1 is 0.897 bits per heavy atom. The molecule has 5 nitrogen and oxygen atoms in total. The van der Waals surface area contributed by atoms with E-state index in [0.717, 1.165) is 15.8 Å². The Balaban J connectivity index is 1.33. The van der Waals surface area contributed by atoms with Crippen LogP contribution in [-0.2, 0) is 4.79 Å². The molecule has 0 radical (unpaired) electrons. The normalized spacial score (nSPS) is 10.6. The van der Waals surface area contributed by atoms with Crippen LogP contribution in [0.4, 0.5) is 11.4 Å². The standard InChI is InChI=1S/C22H17N3O2S2/c26-21(14-29-19-11-12-23-18-5-2-1-4-17(18)19)24-15-7-9-16(10-8-15)25-22(27)20-6-3-13-28-20/h1-13H,14H2,(H,24,26)(H,25,27). The molecule has 4 rings (SSSR count). The lowest BCUT2D eigenvalue weighted by atomic mass is 10.2. The Morgan fingerprint density at radius 3 is 2.41 bits per heavy atom. The quantitative estimate of drug-likeness (QED) is 0.417. The number of hydrogen-bond donors (Lipinski definition) is 2. The van der Waals surface area contributed by atoms with Crippen LogP contribution in [0.5, 0.6) is 0 Å². The molecule has 2 heterocycles. The van der Waals surface area contributed by atoms with Crippen molar-refractivity contribution >= 4 is 57.2 Å². The first-order valence-electron chi connectivity index (χ1n) is 8.90. The molecule has 0 aliphatic carbocycles. The van der Waals surface area contributed by atoms with Crippen LogP contribution >= 0.6 is 23.1 Å². The molecule has 0 saturated carbocycles. The molecule has 0 bridgehead atoms. The minimum atomic E-state index is -0.141. The van der Waals surface area contributed by atoms with Gasteiger partial charge in [-0.15, -0.1) is 23.1 Å². The van der Waals surface area contributed by atoms with Crippen molar-refractivity contribution in [3.8, 4) is 0 Å². The van der Waals surface area contributed by atoms with Crippen LogP contribution < -0.4 is 10.6 Å². The van der Waals surface area contributed by atoms with Crippen molar-refractivity contribution in [2.24, 2.45) is 0 Å². The predicted molar refractivity (Wildman–Crippen MR) is 120 cm³/mol. The van der Waals surface area contributed by atoms with Gasteiger partial charge in [-0.3, -0.25) is 14.6 Å². The fourth-order valence-electron chi connectivity index (χ4n) is 2.77. The number of aromatic nitrogens is 1. The topological polar surface area (TPSA) is 71.1 Å². The molecule has 2 N–H and O–H groups in total. The molecule has 29 heavy (non-hydrogen) atoms. The monoisotopic (exact) mass is 419 g/mol. The Morgan fingerprint density at radius 2 is 1.66 bits per heavy atom. The zero-order valence-corrected chi connectivity index (χ0v) is 16.9. The number of nitrogens with one attached hydrogen (secondary N) is 2. The summed E-state index contributed by atoms with van der Waals surface area (Å²) in [6, 6.07) is 20.5. The van der Waals surface area contributed by atoms with Crippen molar-refractivity contribution in [1.82, 2.24) is 4.98 Å². The van der Waals surface area contributed by atoms with Gasteiger partial charge in [-0.25, -0.2) is 0 Å². The number of thioether (sulfide) groups is 1. The number of thiophene rings is 1. The molecule has 0 aliphatic heterocycles. The van der Waals surface area contributed by atoms with Crippen molar-refractivity contribution in [3.63, 3.8) is 0 Å². The van der Waals surface area contributed by atoms with Gasteiger partial charge in [0.05, 0.1) is 16.1 Å². The summed E-state index contributed by atoms with van der Waals surface area (Å²) in [5, 5.41) is 8.62. The zero-order valence-electron chi connectivity index (χ0n) is 15.3. The summed E-state index contributed by atoms with van der Waals surface area (Å²) in [6.07, 6.45) is 1.76. The third-order valence-corrected chi connectivity index (χ3v) is 6.08. The summed E-state index contributed by atoms with van der Waals surface area (Å²) < 4.78 is 0. The highest BCUT2D eigenvalue weighted by atomic mass is 32.2. The summed E-state index contributed by atoms with van der Waals surface area (Å²) in [5.74, 6) is 0.0641. The molecule has 7 heteroatoms. The van der Waals surface area contributed by atoms with Crippen LogP contribution in [0.1, 0.15) is 9.67 Å². The van der Waals surface area contributed by atoms with Gasteiger partial charge in [0, 0.05) is 27.9 Å². The summed E-state index contributed by atoms with van der Waals surface area (Å²) >= 11 is 2.87. The molecule has 0 saturated heterocycles. The molecule has 0 fully saturated rings. The van der Waals surface area contributed by atoms with E-state index < -0.39 is 0 Å². The number of carbonyl (C=O) groups is 2. The number of hydrogen-bond acceptors (Lipinski definition) is 5. The summed E-state index contributed by atoms with van der Waals surface area (Å²) in [5.41, 5.74) is 2.28. The molecule has 0 atom stereocenters. The van der Waals surface area contributed by atoms with E-state index in [4.69, 9.17) is 0 Å². The van der Waals surface area contributed by atoms with E-state index >= 15 is 0 Å². The van der Waals surface area contributed by atoms with Crippen LogP contribution in [0, 0.1) is 0 Å². The highest BCUT2D eigenvalue weighted by Gasteiger charge is 2.09. The zero-order chi connectivity index (χ0) is 20.1. The summed E-state index contributed by atoms with van der Waals surface area (Å²) in [6.45, 7) is 0. The van der Waals surface area contributed by atoms with Crippen LogP contribution in [0.2, 0.25) is 0 Å². The number of carbonyl (C=O) groups excluding carboxylic acids is 2. The van der Waals surface area contributed by atoms with Crippen LogP contribution in [0.25, 0.3) is 10.9 Å². The molecule has 4 aromatic rings. The molecule has 2 amide bonds. The van der Waals surface area contributed by atoms with Crippen molar-refractivity contribution in [2.45, 2.75) is 4.90 Å². The second kappa shape index (κ2) is 8.89. The molecular formula is C22H17N3O2S2. The van der Waals surface area contributed by atoms with Crippen molar-refractivity contribution < 1.29 is 9.59 Å². The lowest BCUT2D eigenvalue weighted by Gasteiger charge is -2.08. The van der Waals surface area contributed by atoms with Gasteiger partial charge in [-0.2, -0.15) is 0 Å². The fourth-order valence-corrected chi connectivity index (χ4v) is 4.24. The number of pyridine rings is 1.